The average Bonchev–Trinajstić information content (AvgIpc) is 3.06. The van der Waals surface area contributed by atoms with Crippen molar-refractivity contribution in [1.29, 1.82) is 0 Å². The molecule has 7 heteroatoms. The van der Waals surface area contributed by atoms with E-state index in [1.54, 1.807) is 4.90 Å². The van der Waals surface area contributed by atoms with Crippen LogP contribution in [0.2, 0.25) is 0 Å². The molecule has 0 saturated heterocycles. The van der Waals surface area contributed by atoms with Gasteiger partial charge in [0.2, 0.25) is 5.91 Å². The lowest BCUT2D eigenvalue weighted by Gasteiger charge is -2.26. The zero-order valence-corrected chi connectivity index (χ0v) is 11.0. The van der Waals surface area contributed by atoms with Crippen molar-refractivity contribution < 1.29 is 14.7 Å². The van der Waals surface area contributed by atoms with Gasteiger partial charge in [-0.2, -0.15) is 0 Å². The third kappa shape index (κ3) is 3.15. The van der Waals surface area contributed by atoms with E-state index in [1.807, 2.05) is 0 Å². The van der Waals surface area contributed by atoms with Crippen molar-refractivity contribution in [1.82, 2.24) is 19.9 Å². The molecule has 1 heterocycles. The summed E-state index contributed by atoms with van der Waals surface area (Å²) in [5.41, 5.74) is -0.179. The molecule has 7 nitrogen and oxygen atoms in total. The molecule has 0 unspecified atom stereocenters. The van der Waals surface area contributed by atoms with Gasteiger partial charge in [0, 0.05) is 6.04 Å². The van der Waals surface area contributed by atoms with Gasteiger partial charge in [-0.1, -0.05) is 24.0 Å². The van der Waals surface area contributed by atoms with Gasteiger partial charge in [-0.15, -0.1) is 11.5 Å². The van der Waals surface area contributed by atoms with Crippen molar-refractivity contribution in [3.05, 3.63) is 11.9 Å². The maximum atomic E-state index is 12.3. The van der Waals surface area contributed by atoms with Crippen molar-refractivity contribution in [2.75, 3.05) is 6.54 Å². The van der Waals surface area contributed by atoms with E-state index in [4.69, 9.17) is 11.5 Å². The quantitative estimate of drug-likeness (QED) is 0.785. The van der Waals surface area contributed by atoms with Gasteiger partial charge >= 0.3 is 5.97 Å². The van der Waals surface area contributed by atoms with Crippen LogP contribution in [0.5, 0.6) is 0 Å². The summed E-state index contributed by atoms with van der Waals surface area (Å²) in [6.45, 7) is 0.225. The molecule has 1 aliphatic carbocycles. The minimum atomic E-state index is -1.17. The second-order valence-electron chi connectivity index (χ2n) is 4.77. The number of hydrogen-bond donors (Lipinski definition) is 1. The molecule has 1 saturated carbocycles. The molecule has 1 aromatic heterocycles. The van der Waals surface area contributed by atoms with Crippen LogP contribution in [-0.2, 0) is 11.3 Å². The van der Waals surface area contributed by atoms with Gasteiger partial charge in [0.25, 0.3) is 0 Å². The third-order valence-electron chi connectivity index (χ3n) is 3.40. The average molecular weight is 276 g/mol. The number of carbonyl (C=O) groups excluding carboxylic acids is 1. The number of rotatable bonds is 5. The highest BCUT2D eigenvalue weighted by Gasteiger charge is 2.26. The molecule has 20 heavy (non-hydrogen) atoms. The van der Waals surface area contributed by atoms with Gasteiger partial charge in [0.15, 0.2) is 5.69 Å². The molecule has 0 radical (unpaired) electrons. The van der Waals surface area contributed by atoms with Gasteiger partial charge in [0.1, 0.15) is 6.54 Å². The molecule has 2 rings (SSSR count). The van der Waals surface area contributed by atoms with Gasteiger partial charge < -0.3 is 10.0 Å². The molecule has 1 aromatic rings. The lowest BCUT2D eigenvalue weighted by atomic mass is 10.2. The summed E-state index contributed by atoms with van der Waals surface area (Å²) >= 11 is 0. The molecule has 1 amide bonds. The molecular formula is C13H16N4O3. The maximum absolute atomic E-state index is 12.3. The molecule has 1 N–H and O–H groups in total. The number of hydrogen-bond acceptors (Lipinski definition) is 4. The van der Waals surface area contributed by atoms with Crippen LogP contribution in [0.3, 0.4) is 0 Å². The van der Waals surface area contributed by atoms with Crippen molar-refractivity contribution in [2.45, 2.75) is 38.3 Å². The van der Waals surface area contributed by atoms with Crippen LogP contribution in [0.15, 0.2) is 6.20 Å². The number of nitrogens with zero attached hydrogens (tertiary/aromatic N) is 4. The third-order valence-corrected chi connectivity index (χ3v) is 3.40. The van der Waals surface area contributed by atoms with Crippen molar-refractivity contribution in [3.63, 3.8) is 0 Å². The monoisotopic (exact) mass is 276 g/mol. The highest BCUT2D eigenvalue weighted by Crippen LogP contribution is 2.23. The number of carbonyl (C=O) groups is 2. The van der Waals surface area contributed by atoms with Gasteiger partial charge in [-0.25, -0.2) is 9.48 Å². The van der Waals surface area contributed by atoms with Crippen molar-refractivity contribution in [2.24, 2.45) is 0 Å². The van der Waals surface area contributed by atoms with Crippen LogP contribution < -0.4 is 0 Å². The molecule has 1 aliphatic rings. The first kappa shape index (κ1) is 14.1. The Morgan fingerprint density at radius 3 is 2.75 bits per heavy atom. The molecule has 106 valence electrons. The van der Waals surface area contributed by atoms with Crippen LogP contribution in [0.4, 0.5) is 0 Å². The van der Waals surface area contributed by atoms with E-state index in [0.29, 0.717) is 0 Å². The Labute approximate surface area is 116 Å². The lowest BCUT2D eigenvalue weighted by Crippen LogP contribution is -2.41. The van der Waals surface area contributed by atoms with Gasteiger partial charge in [-0.3, -0.25) is 4.79 Å². The highest BCUT2D eigenvalue weighted by atomic mass is 16.4. The lowest BCUT2D eigenvalue weighted by molar-refractivity contribution is -0.133. The van der Waals surface area contributed by atoms with Crippen LogP contribution in [0, 0.1) is 12.3 Å². The molecular weight excluding hydrogens is 260 g/mol. The number of aromatic nitrogens is 3. The van der Waals surface area contributed by atoms with Crippen LogP contribution in [-0.4, -0.2) is 49.5 Å². The molecule has 0 aliphatic heterocycles. The second-order valence-corrected chi connectivity index (χ2v) is 4.77. The number of aromatic carboxylic acids is 1. The zero-order valence-electron chi connectivity index (χ0n) is 11.0. The SMILES string of the molecule is C#CCN(C(=O)Cn1cc(C(=O)O)nn1)C1CCCC1. The van der Waals surface area contributed by atoms with Crippen LogP contribution >= 0.6 is 0 Å². The smallest absolute Gasteiger partial charge is 0.358 e. The summed E-state index contributed by atoms with van der Waals surface area (Å²) in [6, 6.07) is 0.181. The zero-order chi connectivity index (χ0) is 14.5. The molecule has 1 fully saturated rings. The van der Waals surface area contributed by atoms with Gasteiger partial charge in [0.05, 0.1) is 12.7 Å². The summed E-state index contributed by atoms with van der Waals surface area (Å²) in [4.78, 5) is 24.6. The summed E-state index contributed by atoms with van der Waals surface area (Å²) in [5, 5.41) is 15.9. The largest absolute Gasteiger partial charge is 0.476 e. The van der Waals surface area contributed by atoms with E-state index >= 15 is 0 Å². The summed E-state index contributed by atoms with van der Waals surface area (Å²) in [5.74, 6) is 1.18. The predicted molar refractivity (Wildman–Crippen MR) is 69.8 cm³/mol. The van der Waals surface area contributed by atoms with E-state index in [1.165, 1.54) is 10.9 Å². The Hall–Kier alpha value is -2.36. The summed E-state index contributed by atoms with van der Waals surface area (Å²) < 4.78 is 1.23. The summed E-state index contributed by atoms with van der Waals surface area (Å²) in [7, 11) is 0. The maximum Gasteiger partial charge on any atom is 0.358 e. The van der Waals surface area contributed by atoms with Crippen LogP contribution in [0.1, 0.15) is 36.2 Å². The minimum absolute atomic E-state index is 0.0432. The Morgan fingerprint density at radius 1 is 1.50 bits per heavy atom. The number of terminal acetylenes is 1. The van der Waals surface area contributed by atoms with Crippen molar-refractivity contribution >= 4 is 11.9 Å². The Kier molecular flexibility index (Phi) is 4.35. The first-order valence-corrected chi connectivity index (χ1v) is 6.48. The molecule has 0 atom stereocenters. The number of carboxylic acid groups (broad SMARTS) is 1. The fourth-order valence-electron chi connectivity index (χ4n) is 2.44. The summed E-state index contributed by atoms with van der Waals surface area (Å²) in [6.07, 6.45) is 10.7. The Morgan fingerprint density at radius 2 is 2.20 bits per heavy atom. The van der Waals surface area contributed by atoms with E-state index in [2.05, 4.69) is 16.2 Å². The topological polar surface area (TPSA) is 88.3 Å². The van der Waals surface area contributed by atoms with E-state index in [9.17, 15) is 9.59 Å². The number of amides is 1. The predicted octanol–water partition coefficient (Wildman–Crippen LogP) is 0.381. The van der Waals surface area contributed by atoms with E-state index in [0.717, 1.165) is 25.7 Å². The standard InChI is InChI=1S/C13H16N4O3/c1-2-7-17(10-5-3-4-6-10)12(18)9-16-8-11(13(19)20)14-15-16/h1,8,10H,3-7,9H2,(H,19,20). The Balaban J connectivity index is 2.03. The van der Waals surface area contributed by atoms with Gasteiger partial charge in [-0.05, 0) is 12.8 Å². The highest BCUT2D eigenvalue weighted by molar-refractivity contribution is 5.84. The normalized spacial score (nSPS) is 14.9. The minimum Gasteiger partial charge on any atom is -0.476 e. The molecule has 0 bridgehead atoms. The fraction of sp³-hybridized carbons (Fsp3) is 0.538. The molecule has 0 spiro atoms. The Bertz CT molecular complexity index is 540. The second kappa shape index (κ2) is 6.19. The first-order chi connectivity index (χ1) is 9.61. The van der Waals surface area contributed by atoms with E-state index < -0.39 is 5.97 Å². The van der Waals surface area contributed by atoms with E-state index in [-0.39, 0.29) is 30.7 Å². The molecule has 0 aromatic carbocycles. The first-order valence-electron chi connectivity index (χ1n) is 6.48. The van der Waals surface area contributed by atoms with Crippen LogP contribution in [0.25, 0.3) is 0 Å². The number of carboxylic acids is 1. The fourth-order valence-corrected chi connectivity index (χ4v) is 2.44. The van der Waals surface area contributed by atoms with Crippen molar-refractivity contribution in [3.8, 4) is 12.3 Å².